The molecule has 1 saturated heterocycles. The molecule has 7 heteroatoms. The van der Waals surface area contributed by atoms with E-state index in [9.17, 15) is 19.1 Å². The van der Waals surface area contributed by atoms with Crippen LogP contribution in [0.2, 0.25) is 0 Å². The molecule has 182 valence electrons. The normalized spacial score (nSPS) is 17.7. The molecule has 0 bridgehead atoms. The van der Waals surface area contributed by atoms with Gasteiger partial charge in [0.1, 0.15) is 17.3 Å². The molecule has 3 aromatic rings. The molecule has 1 amide bonds. The largest absolute Gasteiger partial charge is 0.507 e. The molecule has 5 nitrogen and oxygen atoms in total. The molecule has 1 unspecified atom stereocenters. The summed E-state index contributed by atoms with van der Waals surface area (Å²) in [5, 5.41) is 13.3. The van der Waals surface area contributed by atoms with E-state index < -0.39 is 23.5 Å². The number of likely N-dealkylation sites (tertiary alicyclic amines) is 1. The van der Waals surface area contributed by atoms with Gasteiger partial charge in [0.05, 0.1) is 24.8 Å². The molecule has 4 rings (SSSR count). The lowest BCUT2D eigenvalue weighted by atomic mass is 9.84. The summed E-state index contributed by atoms with van der Waals surface area (Å²) in [6, 6.07) is 13.8. The van der Waals surface area contributed by atoms with Crippen LogP contribution >= 0.6 is 11.3 Å². The van der Waals surface area contributed by atoms with Crippen molar-refractivity contribution in [3.63, 3.8) is 0 Å². The molecule has 0 spiro atoms. The Labute approximate surface area is 208 Å². The molecule has 1 aliphatic heterocycles. The number of hydrogen-bond donors (Lipinski definition) is 1. The average Bonchev–Trinajstić information content (AvgIpc) is 3.41. The molecule has 2 aromatic carbocycles. The minimum atomic E-state index is -0.845. The Morgan fingerprint density at radius 1 is 1.11 bits per heavy atom. The predicted molar refractivity (Wildman–Crippen MR) is 135 cm³/mol. The van der Waals surface area contributed by atoms with Gasteiger partial charge in [0.15, 0.2) is 0 Å². The highest BCUT2D eigenvalue weighted by atomic mass is 32.1. The lowest BCUT2D eigenvalue weighted by Gasteiger charge is -2.26. The molecule has 1 fully saturated rings. The van der Waals surface area contributed by atoms with Crippen molar-refractivity contribution in [2.45, 2.75) is 45.7 Å². The predicted octanol–water partition coefficient (Wildman–Crippen LogP) is 6.21. The van der Waals surface area contributed by atoms with E-state index in [1.165, 1.54) is 28.4 Å². The van der Waals surface area contributed by atoms with E-state index >= 15 is 0 Å². The van der Waals surface area contributed by atoms with Crippen LogP contribution in [0.25, 0.3) is 5.76 Å². The fraction of sp³-hybridized carbons (Fsp3) is 0.286. The molecule has 0 saturated carbocycles. The first kappa shape index (κ1) is 24.7. The SMILES string of the molecule is CCOc1ccc(/C(O)=C2/C(=O)C(=O)N(Cc3cccs3)C2c2ccc(F)cc2)cc1C(C)(C)C. The van der Waals surface area contributed by atoms with Crippen LogP contribution in [0.4, 0.5) is 4.39 Å². The van der Waals surface area contributed by atoms with E-state index in [0.717, 1.165) is 10.4 Å². The summed E-state index contributed by atoms with van der Waals surface area (Å²) in [6.45, 7) is 8.70. The standard InChI is InChI=1S/C28H28FNO4S/c1-5-34-22-13-10-18(15-21(22)28(2,3)4)25(31)23-24(17-8-11-19(29)12-9-17)30(27(33)26(23)32)16-20-7-6-14-35-20/h6-15,24,31H,5,16H2,1-4H3/b25-23-. The number of thiophene rings is 1. The summed E-state index contributed by atoms with van der Waals surface area (Å²) in [6.07, 6.45) is 0. The van der Waals surface area contributed by atoms with Gasteiger partial charge in [-0.1, -0.05) is 39.0 Å². The maximum Gasteiger partial charge on any atom is 0.295 e. The lowest BCUT2D eigenvalue weighted by Crippen LogP contribution is -2.28. The van der Waals surface area contributed by atoms with E-state index in [1.807, 2.05) is 45.2 Å². The number of carbonyl (C=O) groups is 2. The van der Waals surface area contributed by atoms with Crippen LogP contribution in [0.5, 0.6) is 5.75 Å². The van der Waals surface area contributed by atoms with Gasteiger partial charge in [0, 0.05) is 16.0 Å². The molecular formula is C28H28FNO4S. The number of aliphatic hydroxyl groups is 1. The third kappa shape index (κ3) is 4.86. The quantitative estimate of drug-likeness (QED) is 0.252. The van der Waals surface area contributed by atoms with E-state index in [1.54, 1.807) is 30.3 Å². The van der Waals surface area contributed by atoms with Gasteiger partial charge >= 0.3 is 0 Å². The number of ether oxygens (including phenoxy) is 1. The summed E-state index contributed by atoms with van der Waals surface area (Å²) in [4.78, 5) is 28.7. The first-order valence-electron chi connectivity index (χ1n) is 11.5. The zero-order valence-corrected chi connectivity index (χ0v) is 21.0. The molecule has 0 aliphatic carbocycles. The summed E-state index contributed by atoms with van der Waals surface area (Å²) >= 11 is 1.47. The molecule has 1 aliphatic rings. The van der Waals surface area contributed by atoms with Crippen molar-refractivity contribution >= 4 is 28.8 Å². The van der Waals surface area contributed by atoms with E-state index in [-0.39, 0.29) is 23.3 Å². The van der Waals surface area contributed by atoms with Crippen molar-refractivity contribution in [3.8, 4) is 5.75 Å². The molecular weight excluding hydrogens is 465 g/mol. The average molecular weight is 494 g/mol. The molecule has 1 atom stereocenters. The Hall–Kier alpha value is -3.45. The Morgan fingerprint density at radius 2 is 1.83 bits per heavy atom. The number of hydrogen-bond acceptors (Lipinski definition) is 5. The van der Waals surface area contributed by atoms with Crippen LogP contribution < -0.4 is 4.74 Å². The van der Waals surface area contributed by atoms with E-state index in [4.69, 9.17) is 4.74 Å². The molecule has 1 N–H and O–H groups in total. The number of ketones is 1. The van der Waals surface area contributed by atoms with Gasteiger partial charge in [-0.25, -0.2) is 4.39 Å². The Kier molecular flexibility index (Phi) is 6.81. The fourth-order valence-electron chi connectivity index (χ4n) is 4.31. The highest BCUT2D eigenvalue weighted by molar-refractivity contribution is 7.09. The summed E-state index contributed by atoms with van der Waals surface area (Å²) < 4.78 is 19.5. The first-order chi connectivity index (χ1) is 16.6. The number of nitrogens with zero attached hydrogens (tertiary/aromatic N) is 1. The zero-order valence-electron chi connectivity index (χ0n) is 20.2. The van der Waals surface area contributed by atoms with Crippen molar-refractivity contribution in [2.24, 2.45) is 0 Å². The van der Waals surface area contributed by atoms with Crippen LogP contribution in [0.1, 0.15) is 55.3 Å². The smallest absolute Gasteiger partial charge is 0.295 e. The number of aliphatic hydroxyl groups excluding tert-OH is 1. The number of amides is 1. The van der Waals surface area contributed by atoms with Crippen LogP contribution in [-0.4, -0.2) is 28.3 Å². The van der Waals surface area contributed by atoms with E-state index in [2.05, 4.69) is 0 Å². The van der Waals surface area contributed by atoms with Gasteiger partial charge in [-0.05, 0) is 59.7 Å². The highest BCUT2D eigenvalue weighted by Crippen LogP contribution is 2.42. The number of rotatable bonds is 6. The van der Waals surface area contributed by atoms with Gasteiger partial charge in [-0.2, -0.15) is 0 Å². The third-order valence-corrected chi connectivity index (χ3v) is 6.85. The fourth-order valence-corrected chi connectivity index (χ4v) is 5.01. The van der Waals surface area contributed by atoms with Crippen molar-refractivity contribution in [3.05, 3.63) is 92.9 Å². The van der Waals surface area contributed by atoms with Gasteiger partial charge in [-0.3, -0.25) is 9.59 Å². The number of benzene rings is 2. The maximum atomic E-state index is 13.7. The van der Waals surface area contributed by atoms with Crippen molar-refractivity contribution in [1.82, 2.24) is 4.90 Å². The zero-order chi connectivity index (χ0) is 25.3. The Balaban J connectivity index is 1.88. The Bertz CT molecular complexity index is 1270. The molecule has 1 aromatic heterocycles. The van der Waals surface area contributed by atoms with Crippen LogP contribution in [-0.2, 0) is 21.5 Å². The van der Waals surface area contributed by atoms with Crippen molar-refractivity contribution in [2.75, 3.05) is 6.61 Å². The number of carbonyl (C=O) groups excluding carboxylic acids is 2. The lowest BCUT2D eigenvalue weighted by molar-refractivity contribution is -0.140. The van der Waals surface area contributed by atoms with Gasteiger partial charge in [0.25, 0.3) is 11.7 Å². The first-order valence-corrected chi connectivity index (χ1v) is 12.3. The topological polar surface area (TPSA) is 66.8 Å². The second-order valence-corrected chi connectivity index (χ2v) is 10.5. The molecule has 35 heavy (non-hydrogen) atoms. The molecule has 0 radical (unpaired) electrons. The minimum Gasteiger partial charge on any atom is -0.507 e. The Morgan fingerprint density at radius 3 is 2.43 bits per heavy atom. The maximum absolute atomic E-state index is 13.7. The monoisotopic (exact) mass is 493 g/mol. The summed E-state index contributed by atoms with van der Waals surface area (Å²) in [7, 11) is 0. The van der Waals surface area contributed by atoms with Crippen molar-refractivity contribution < 1.29 is 23.8 Å². The van der Waals surface area contributed by atoms with Gasteiger partial charge in [0.2, 0.25) is 0 Å². The van der Waals surface area contributed by atoms with E-state index in [0.29, 0.717) is 23.5 Å². The van der Waals surface area contributed by atoms with Gasteiger partial charge < -0.3 is 14.7 Å². The van der Waals surface area contributed by atoms with Crippen LogP contribution in [0.3, 0.4) is 0 Å². The second kappa shape index (κ2) is 9.66. The van der Waals surface area contributed by atoms with Crippen molar-refractivity contribution in [1.29, 1.82) is 0 Å². The number of Topliss-reactive ketones (excluding diaryl/α,β-unsaturated/α-hetero) is 1. The van der Waals surface area contributed by atoms with Crippen LogP contribution in [0, 0.1) is 5.82 Å². The third-order valence-electron chi connectivity index (χ3n) is 5.99. The summed E-state index contributed by atoms with van der Waals surface area (Å²) in [5.74, 6) is -1.45. The highest BCUT2D eigenvalue weighted by Gasteiger charge is 2.46. The number of halogens is 1. The second-order valence-electron chi connectivity index (χ2n) is 9.45. The molecule has 2 heterocycles. The summed E-state index contributed by atoms with van der Waals surface area (Å²) in [5.41, 5.74) is 1.53. The van der Waals surface area contributed by atoms with Gasteiger partial charge in [-0.15, -0.1) is 11.3 Å². The van der Waals surface area contributed by atoms with Crippen LogP contribution in [0.15, 0.2) is 65.6 Å². The minimum absolute atomic E-state index is 0.0119.